The summed E-state index contributed by atoms with van der Waals surface area (Å²) in [4.78, 5) is 5.07. The highest BCUT2D eigenvalue weighted by molar-refractivity contribution is 5.14. The van der Waals surface area contributed by atoms with Gasteiger partial charge in [0.25, 0.3) is 0 Å². The second-order valence-corrected chi connectivity index (χ2v) is 2.76. The van der Waals surface area contributed by atoms with Crippen LogP contribution in [0.1, 0.15) is 5.56 Å². The Hall–Kier alpha value is -0.900. The van der Waals surface area contributed by atoms with E-state index >= 15 is 0 Å². The van der Waals surface area contributed by atoms with Gasteiger partial charge in [-0.1, -0.05) is 30.3 Å². The quantitative estimate of drug-likeness (QED) is 0.689. The molecular weight excluding hydrogens is 166 g/mol. The predicted octanol–water partition coefficient (Wildman–Crippen LogP) is 1.04. The molecule has 13 heavy (non-hydrogen) atoms. The van der Waals surface area contributed by atoms with Crippen LogP contribution in [-0.2, 0) is 11.4 Å². The smallest absolute Gasteiger partial charge is 0.0582 e. The van der Waals surface area contributed by atoms with Crippen molar-refractivity contribution >= 4 is 0 Å². The van der Waals surface area contributed by atoms with Gasteiger partial charge < -0.3 is 9.94 Å². The van der Waals surface area contributed by atoms with E-state index in [0.29, 0.717) is 13.1 Å². The molecule has 0 aliphatic heterocycles. The molecule has 0 spiro atoms. The second-order valence-electron chi connectivity index (χ2n) is 2.76. The third-order valence-corrected chi connectivity index (χ3v) is 1.81. The van der Waals surface area contributed by atoms with Crippen LogP contribution in [0, 0.1) is 0 Å². The van der Waals surface area contributed by atoms with Crippen molar-refractivity contribution < 1.29 is 9.94 Å². The highest BCUT2D eigenvalue weighted by Gasteiger charge is 2.02. The Morgan fingerprint density at radius 1 is 1.31 bits per heavy atom. The van der Waals surface area contributed by atoms with E-state index in [1.165, 1.54) is 5.56 Å². The normalized spacial score (nSPS) is 10.7. The summed E-state index contributed by atoms with van der Waals surface area (Å²) in [6.07, 6.45) is 0. The summed E-state index contributed by atoms with van der Waals surface area (Å²) in [5, 5.41) is 10.4. The SMILES string of the molecule is CON(CCO)Cc1ccccc1. The molecule has 0 aliphatic rings. The molecule has 1 rings (SSSR count). The third kappa shape index (κ3) is 3.55. The average molecular weight is 181 g/mol. The number of nitrogens with zero attached hydrogens (tertiary/aromatic N) is 1. The molecule has 0 bridgehead atoms. The van der Waals surface area contributed by atoms with Crippen LogP contribution in [0.4, 0.5) is 0 Å². The molecule has 0 heterocycles. The maximum absolute atomic E-state index is 8.72. The number of aliphatic hydroxyl groups excluding tert-OH is 1. The minimum atomic E-state index is 0.112. The van der Waals surface area contributed by atoms with Crippen molar-refractivity contribution in [2.45, 2.75) is 6.54 Å². The van der Waals surface area contributed by atoms with E-state index in [2.05, 4.69) is 0 Å². The van der Waals surface area contributed by atoms with Gasteiger partial charge in [0.05, 0.1) is 13.7 Å². The molecule has 3 nitrogen and oxygen atoms in total. The Balaban J connectivity index is 2.46. The van der Waals surface area contributed by atoms with E-state index in [1.54, 1.807) is 12.2 Å². The van der Waals surface area contributed by atoms with Crippen LogP contribution in [0.15, 0.2) is 30.3 Å². The van der Waals surface area contributed by atoms with Gasteiger partial charge in [0.2, 0.25) is 0 Å². The van der Waals surface area contributed by atoms with E-state index in [1.807, 2.05) is 30.3 Å². The van der Waals surface area contributed by atoms with Crippen LogP contribution in [0.25, 0.3) is 0 Å². The van der Waals surface area contributed by atoms with Gasteiger partial charge in [-0.3, -0.25) is 0 Å². The highest BCUT2D eigenvalue weighted by Crippen LogP contribution is 2.03. The van der Waals surface area contributed by atoms with E-state index in [4.69, 9.17) is 9.94 Å². The molecule has 0 fully saturated rings. The minimum absolute atomic E-state index is 0.112. The predicted molar refractivity (Wildman–Crippen MR) is 50.9 cm³/mol. The van der Waals surface area contributed by atoms with Crippen LogP contribution in [0.5, 0.6) is 0 Å². The fourth-order valence-electron chi connectivity index (χ4n) is 1.13. The lowest BCUT2D eigenvalue weighted by Gasteiger charge is -2.17. The monoisotopic (exact) mass is 181 g/mol. The van der Waals surface area contributed by atoms with Crippen molar-refractivity contribution in [1.82, 2.24) is 5.06 Å². The zero-order valence-corrected chi connectivity index (χ0v) is 7.81. The molecule has 72 valence electrons. The standard InChI is InChI=1S/C10H15NO2/c1-13-11(7-8-12)9-10-5-3-2-4-6-10/h2-6,12H,7-9H2,1H3. The Kier molecular flexibility index (Phi) is 4.46. The maximum Gasteiger partial charge on any atom is 0.0582 e. The number of benzene rings is 1. The molecule has 0 aromatic heterocycles. The number of hydrogen-bond acceptors (Lipinski definition) is 3. The first-order valence-electron chi connectivity index (χ1n) is 4.30. The van der Waals surface area contributed by atoms with Gasteiger partial charge in [-0.2, -0.15) is 5.06 Å². The van der Waals surface area contributed by atoms with Crippen molar-refractivity contribution in [2.24, 2.45) is 0 Å². The van der Waals surface area contributed by atoms with Crippen LogP contribution < -0.4 is 0 Å². The topological polar surface area (TPSA) is 32.7 Å². The van der Waals surface area contributed by atoms with Gasteiger partial charge in [0, 0.05) is 13.1 Å². The number of aliphatic hydroxyl groups is 1. The second kappa shape index (κ2) is 5.70. The molecule has 1 aromatic rings. The summed E-state index contributed by atoms with van der Waals surface area (Å²) in [5.41, 5.74) is 1.18. The first kappa shape index (κ1) is 10.2. The van der Waals surface area contributed by atoms with Gasteiger partial charge in [-0.05, 0) is 5.56 Å². The Morgan fingerprint density at radius 2 is 2.00 bits per heavy atom. The van der Waals surface area contributed by atoms with Crippen molar-refractivity contribution in [1.29, 1.82) is 0 Å². The van der Waals surface area contributed by atoms with Gasteiger partial charge in [0.1, 0.15) is 0 Å². The first-order chi connectivity index (χ1) is 6.36. The lowest BCUT2D eigenvalue weighted by Crippen LogP contribution is -2.25. The summed E-state index contributed by atoms with van der Waals surface area (Å²) in [6, 6.07) is 10.0. The molecule has 0 saturated carbocycles. The Morgan fingerprint density at radius 3 is 2.54 bits per heavy atom. The molecule has 1 aromatic carbocycles. The van der Waals surface area contributed by atoms with E-state index in [9.17, 15) is 0 Å². The molecule has 1 N–H and O–H groups in total. The van der Waals surface area contributed by atoms with Crippen molar-refractivity contribution in [2.75, 3.05) is 20.3 Å². The fraction of sp³-hybridized carbons (Fsp3) is 0.400. The lowest BCUT2D eigenvalue weighted by molar-refractivity contribution is -0.144. The van der Waals surface area contributed by atoms with Crippen molar-refractivity contribution in [3.8, 4) is 0 Å². The van der Waals surface area contributed by atoms with Crippen LogP contribution in [0.2, 0.25) is 0 Å². The first-order valence-corrected chi connectivity index (χ1v) is 4.30. The van der Waals surface area contributed by atoms with E-state index < -0.39 is 0 Å². The molecule has 0 saturated heterocycles. The number of hydrogen-bond donors (Lipinski definition) is 1. The molecular formula is C10H15NO2. The summed E-state index contributed by atoms with van der Waals surface area (Å²) < 4.78 is 0. The zero-order chi connectivity index (χ0) is 9.52. The van der Waals surface area contributed by atoms with E-state index in [0.717, 1.165) is 0 Å². The molecule has 0 aliphatic carbocycles. The minimum Gasteiger partial charge on any atom is -0.395 e. The van der Waals surface area contributed by atoms with Crippen molar-refractivity contribution in [3.05, 3.63) is 35.9 Å². The average Bonchev–Trinajstić information content (AvgIpc) is 2.19. The third-order valence-electron chi connectivity index (χ3n) is 1.81. The van der Waals surface area contributed by atoms with Gasteiger partial charge >= 0.3 is 0 Å². The van der Waals surface area contributed by atoms with Crippen LogP contribution in [0.3, 0.4) is 0 Å². The fourth-order valence-corrected chi connectivity index (χ4v) is 1.13. The van der Waals surface area contributed by atoms with Crippen LogP contribution in [-0.4, -0.2) is 30.4 Å². The number of rotatable bonds is 5. The number of hydroxylamine groups is 2. The molecule has 0 atom stereocenters. The molecule has 0 amide bonds. The van der Waals surface area contributed by atoms with Gasteiger partial charge in [0.15, 0.2) is 0 Å². The summed E-state index contributed by atoms with van der Waals surface area (Å²) >= 11 is 0. The van der Waals surface area contributed by atoms with Crippen molar-refractivity contribution in [3.63, 3.8) is 0 Å². The van der Waals surface area contributed by atoms with E-state index in [-0.39, 0.29) is 6.61 Å². The molecule has 3 heteroatoms. The van der Waals surface area contributed by atoms with Gasteiger partial charge in [-0.15, -0.1) is 0 Å². The zero-order valence-electron chi connectivity index (χ0n) is 7.81. The maximum atomic E-state index is 8.72. The highest BCUT2D eigenvalue weighted by atomic mass is 16.7. The summed E-state index contributed by atoms with van der Waals surface area (Å²) in [7, 11) is 1.61. The molecule has 0 radical (unpaired) electrons. The largest absolute Gasteiger partial charge is 0.395 e. The Bertz CT molecular complexity index is 226. The van der Waals surface area contributed by atoms with Crippen LogP contribution >= 0.6 is 0 Å². The summed E-state index contributed by atoms with van der Waals surface area (Å²) in [6.45, 7) is 1.35. The Labute approximate surface area is 78.5 Å². The lowest BCUT2D eigenvalue weighted by atomic mass is 10.2. The molecule has 0 unspecified atom stereocenters. The summed E-state index contributed by atoms with van der Waals surface area (Å²) in [5.74, 6) is 0. The van der Waals surface area contributed by atoms with Gasteiger partial charge in [-0.25, -0.2) is 0 Å².